The van der Waals surface area contributed by atoms with Crippen LogP contribution < -0.4 is 5.48 Å². The summed E-state index contributed by atoms with van der Waals surface area (Å²) in [5, 5.41) is 0. The average molecular weight is 195 g/mol. The van der Waals surface area contributed by atoms with Crippen LogP contribution in [0.4, 0.5) is 0 Å². The molecule has 0 bridgehead atoms. The van der Waals surface area contributed by atoms with Crippen LogP contribution >= 0.6 is 7.60 Å². The van der Waals surface area contributed by atoms with E-state index < -0.39 is 7.60 Å². The zero-order chi connectivity index (χ0) is 9.61. The second-order valence-corrected chi connectivity index (χ2v) is 4.09. The van der Waals surface area contributed by atoms with Gasteiger partial charge in [-0.2, -0.15) is 0 Å². The van der Waals surface area contributed by atoms with Gasteiger partial charge in [0.25, 0.3) is 0 Å². The van der Waals surface area contributed by atoms with Crippen LogP contribution in [-0.2, 0) is 18.5 Å². The molecule has 0 aliphatic rings. The van der Waals surface area contributed by atoms with E-state index in [0.717, 1.165) is 0 Å². The standard InChI is InChI=1S/C6H14NO4P/c1-6(7-9-2)5-12(8,10-3)11-4/h5,7H,1-4H3. The predicted octanol–water partition coefficient (Wildman–Crippen LogP) is 1.48. The maximum absolute atomic E-state index is 11.4. The van der Waals surface area contributed by atoms with Gasteiger partial charge in [-0.05, 0) is 6.92 Å². The summed E-state index contributed by atoms with van der Waals surface area (Å²) in [5.74, 6) is 1.34. The monoisotopic (exact) mass is 195 g/mol. The molecule has 0 aromatic heterocycles. The minimum absolute atomic E-state index is 0.574. The average Bonchev–Trinajstić information content (AvgIpc) is 2.05. The van der Waals surface area contributed by atoms with E-state index in [2.05, 4.69) is 19.4 Å². The van der Waals surface area contributed by atoms with Crippen molar-refractivity contribution in [1.82, 2.24) is 5.48 Å². The Morgan fingerprint density at radius 3 is 2.17 bits per heavy atom. The van der Waals surface area contributed by atoms with Crippen LogP contribution in [0.3, 0.4) is 0 Å². The van der Waals surface area contributed by atoms with Crippen molar-refractivity contribution in [1.29, 1.82) is 0 Å². The van der Waals surface area contributed by atoms with E-state index in [4.69, 9.17) is 0 Å². The molecule has 0 atom stereocenters. The Bertz CT molecular complexity index is 196. The SMILES string of the molecule is CONC(C)=CP(=O)(OC)OC. The number of nitrogens with one attached hydrogen (secondary N) is 1. The van der Waals surface area contributed by atoms with Crippen molar-refractivity contribution in [2.45, 2.75) is 6.92 Å². The van der Waals surface area contributed by atoms with Crippen molar-refractivity contribution in [2.75, 3.05) is 21.3 Å². The van der Waals surface area contributed by atoms with Crippen molar-refractivity contribution >= 4 is 7.60 Å². The Morgan fingerprint density at radius 2 is 1.83 bits per heavy atom. The molecule has 0 fully saturated rings. The van der Waals surface area contributed by atoms with Crippen molar-refractivity contribution in [3.63, 3.8) is 0 Å². The second kappa shape index (κ2) is 5.32. The Morgan fingerprint density at radius 1 is 1.33 bits per heavy atom. The molecule has 6 heteroatoms. The van der Waals surface area contributed by atoms with Gasteiger partial charge in [0, 0.05) is 25.7 Å². The Labute approximate surface area is 72.2 Å². The van der Waals surface area contributed by atoms with Gasteiger partial charge in [0.1, 0.15) is 0 Å². The van der Waals surface area contributed by atoms with E-state index in [1.807, 2.05) is 0 Å². The lowest BCUT2D eigenvalue weighted by atomic mass is 10.6. The Balaban J connectivity index is 4.36. The van der Waals surface area contributed by atoms with Gasteiger partial charge in [-0.15, -0.1) is 0 Å². The molecule has 0 rings (SSSR count). The van der Waals surface area contributed by atoms with Crippen molar-refractivity contribution in [3.05, 3.63) is 11.5 Å². The summed E-state index contributed by atoms with van der Waals surface area (Å²) in [5.41, 5.74) is 3.07. The minimum Gasteiger partial charge on any atom is -0.309 e. The van der Waals surface area contributed by atoms with Gasteiger partial charge < -0.3 is 9.05 Å². The zero-order valence-electron chi connectivity index (χ0n) is 7.66. The first-order valence-electron chi connectivity index (χ1n) is 3.27. The molecule has 0 aliphatic carbocycles. The highest BCUT2D eigenvalue weighted by molar-refractivity contribution is 7.57. The van der Waals surface area contributed by atoms with Crippen LogP contribution in [0.2, 0.25) is 0 Å². The van der Waals surface area contributed by atoms with Gasteiger partial charge in [-0.1, -0.05) is 0 Å². The van der Waals surface area contributed by atoms with E-state index in [-0.39, 0.29) is 0 Å². The fourth-order valence-electron chi connectivity index (χ4n) is 0.604. The summed E-state index contributed by atoms with van der Waals surface area (Å²) < 4.78 is 20.8. The molecule has 72 valence electrons. The largest absolute Gasteiger partial charge is 0.355 e. The zero-order valence-corrected chi connectivity index (χ0v) is 8.55. The molecule has 0 aromatic carbocycles. The van der Waals surface area contributed by atoms with Crippen LogP contribution in [0.25, 0.3) is 0 Å². The number of allylic oxidation sites excluding steroid dienone is 1. The highest BCUT2D eigenvalue weighted by atomic mass is 31.2. The molecule has 0 aromatic rings. The molecule has 0 aliphatic heterocycles. The first kappa shape index (κ1) is 11.6. The van der Waals surface area contributed by atoms with Gasteiger partial charge in [0.2, 0.25) is 0 Å². The van der Waals surface area contributed by atoms with Crippen LogP contribution in [0.1, 0.15) is 6.92 Å². The fraction of sp³-hybridized carbons (Fsp3) is 0.667. The molecule has 12 heavy (non-hydrogen) atoms. The normalized spacial score (nSPS) is 13.2. The van der Waals surface area contributed by atoms with Gasteiger partial charge in [-0.3, -0.25) is 14.9 Å². The fourth-order valence-corrected chi connectivity index (χ4v) is 1.49. The lowest BCUT2D eigenvalue weighted by Crippen LogP contribution is -2.08. The Kier molecular flexibility index (Phi) is 5.17. The highest BCUT2D eigenvalue weighted by Crippen LogP contribution is 2.48. The Hall–Kier alpha value is -0.350. The van der Waals surface area contributed by atoms with Gasteiger partial charge >= 0.3 is 7.60 Å². The van der Waals surface area contributed by atoms with Gasteiger partial charge in [-0.25, -0.2) is 0 Å². The van der Waals surface area contributed by atoms with E-state index in [0.29, 0.717) is 5.70 Å². The van der Waals surface area contributed by atoms with Crippen LogP contribution in [0, 0.1) is 0 Å². The van der Waals surface area contributed by atoms with Gasteiger partial charge in [0.05, 0.1) is 7.11 Å². The molecular formula is C6H14NO4P. The summed E-state index contributed by atoms with van der Waals surface area (Å²) in [4.78, 5) is 4.59. The molecule has 0 unspecified atom stereocenters. The molecule has 0 saturated carbocycles. The summed E-state index contributed by atoms with van der Waals surface area (Å²) in [6.45, 7) is 1.69. The van der Waals surface area contributed by atoms with E-state index >= 15 is 0 Å². The predicted molar refractivity (Wildman–Crippen MR) is 45.5 cm³/mol. The van der Waals surface area contributed by atoms with Crippen molar-refractivity contribution < 1.29 is 18.5 Å². The molecule has 0 radical (unpaired) electrons. The smallest absolute Gasteiger partial charge is 0.309 e. The second-order valence-electron chi connectivity index (χ2n) is 2.02. The molecule has 5 nitrogen and oxygen atoms in total. The van der Waals surface area contributed by atoms with Gasteiger partial charge in [0.15, 0.2) is 0 Å². The van der Waals surface area contributed by atoms with Crippen LogP contribution in [-0.4, -0.2) is 21.3 Å². The van der Waals surface area contributed by atoms with E-state index in [9.17, 15) is 4.57 Å². The summed E-state index contributed by atoms with van der Waals surface area (Å²) in [6.07, 6.45) is 0. The molecular weight excluding hydrogens is 181 g/mol. The number of hydroxylamine groups is 1. The third-order valence-corrected chi connectivity index (χ3v) is 2.85. The van der Waals surface area contributed by atoms with E-state index in [1.165, 1.54) is 27.1 Å². The number of hydrogen-bond acceptors (Lipinski definition) is 5. The summed E-state index contributed by atoms with van der Waals surface area (Å²) in [7, 11) is 1.03. The van der Waals surface area contributed by atoms with Crippen molar-refractivity contribution in [3.8, 4) is 0 Å². The maximum Gasteiger partial charge on any atom is 0.355 e. The minimum atomic E-state index is -3.07. The molecule has 0 saturated heterocycles. The topological polar surface area (TPSA) is 56.8 Å². The number of rotatable bonds is 5. The first-order valence-corrected chi connectivity index (χ1v) is 4.89. The lowest BCUT2D eigenvalue weighted by molar-refractivity contribution is 0.118. The highest BCUT2D eigenvalue weighted by Gasteiger charge is 2.17. The number of hydrogen-bond donors (Lipinski definition) is 1. The molecule has 0 spiro atoms. The van der Waals surface area contributed by atoms with E-state index in [1.54, 1.807) is 6.92 Å². The maximum atomic E-state index is 11.4. The van der Waals surface area contributed by atoms with Crippen LogP contribution in [0.15, 0.2) is 11.5 Å². The first-order chi connectivity index (χ1) is 5.58. The summed E-state index contributed by atoms with van der Waals surface area (Å²) >= 11 is 0. The third kappa shape index (κ3) is 3.88. The quantitative estimate of drug-likeness (QED) is 0.532. The molecule has 1 N–H and O–H groups in total. The summed E-state index contributed by atoms with van der Waals surface area (Å²) in [6, 6.07) is 0. The third-order valence-electron chi connectivity index (χ3n) is 1.12. The lowest BCUT2D eigenvalue weighted by Gasteiger charge is -2.10. The van der Waals surface area contributed by atoms with Crippen LogP contribution in [0.5, 0.6) is 0 Å². The molecule has 0 amide bonds. The molecule has 0 heterocycles. The van der Waals surface area contributed by atoms with Crippen molar-refractivity contribution in [2.24, 2.45) is 0 Å².